The molecule has 150 valence electrons. The summed E-state index contributed by atoms with van der Waals surface area (Å²) in [6.07, 6.45) is 7.55. The maximum absolute atomic E-state index is 12.5. The minimum atomic E-state index is 0.319. The van der Waals surface area contributed by atoms with Crippen molar-refractivity contribution in [3.63, 3.8) is 0 Å². The number of nitrogens with zero attached hydrogens (tertiary/aromatic N) is 5. The standard InChI is InChI=1S/C22H31N5O/c28-21(26-10-5-2-6-11-26)19-25-15-13-24(14-16-25)17-18-27-12-9-23-22(27)20-7-3-1-4-8-20/h1,3-4,7-9,12H,2,5-6,10-11,13-19H2. The molecule has 0 radical (unpaired) electrons. The van der Waals surface area contributed by atoms with Gasteiger partial charge in [-0.2, -0.15) is 0 Å². The Morgan fingerprint density at radius 2 is 1.57 bits per heavy atom. The van der Waals surface area contributed by atoms with Gasteiger partial charge >= 0.3 is 0 Å². The fourth-order valence-electron chi connectivity index (χ4n) is 4.19. The van der Waals surface area contributed by atoms with Gasteiger partial charge in [0.15, 0.2) is 0 Å². The van der Waals surface area contributed by atoms with Crippen molar-refractivity contribution in [2.75, 3.05) is 52.4 Å². The number of hydrogen-bond acceptors (Lipinski definition) is 4. The maximum atomic E-state index is 12.5. The van der Waals surface area contributed by atoms with Gasteiger partial charge in [-0.25, -0.2) is 4.98 Å². The molecule has 1 aromatic heterocycles. The first-order chi connectivity index (χ1) is 13.8. The van der Waals surface area contributed by atoms with E-state index >= 15 is 0 Å². The Hall–Kier alpha value is -2.18. The van der Waals surface area contributed by atoms with Gasteiger partial charge in [0.2, 0.25) is 5.91 Å². The molecule has 0 unspecified atom stereocenters. The van der Waals surface area contributed by atoms with E-state index in [4.69, 9.17) is 0 Å². The van der Waals surface area contributed by atoms with Crippen molar-refractivity contribution in [1.82, 2.24) is 24.3 Å². The summed E-state index contributed by atoms with van der Waals surface area (Å²) in [5.74, 6) is 1.35. The molecular weight excluding hydrogens is 350 g/mol. The van der Waals surface area contributed by atoms with Crippen LogP contribution in [-0.4, -0.2) is 82.5 Å². The van der Waals surface area contributed by atoms with Crippen LogP contribution in [0.15, 0.2) is 42.7 Å². The van der Waals surface area contributed by atoms with E-state index < -0.39 is 0 Å². The Morgan fingerprint density at radius 3 is 2.32 bits per heavy atom. The lowest BCUT2D eigenvalue weighted by Crippen LogP contribution is -2.51. The second-order valence-corrected chi connectivity index (χ2v) is 7.87. The van der Waals surface area contributed by atoms with E-state index in [1.807, 2.05) is 12.3 Å². The summed E-state index contributed by atoms with van der Waals surface area (Å²) in [5.41, 5.74) is 1.16. The Bertz CT molecular complexity index is 745. The molecule has 2 fully saturated rings. The summed E-state index contributed by atoms with van der Waals surface area (Å²) in [7, 11) is 0. The lowest BCUT2D eigenvalue weighted by Gasteiger charge is -2.36. The van der Waals surface area contributed by atoms with Gasteiger partial charge < -0.3 is 9.47 Å². The molecule has 0 saturated carbocycles. The minimum Gasteiger partial charge on any atom is -0.342 e. The van der Waals surface area contributed by atoms with Gasteiger partial charge in [-0.1, -0.05) is 30.3 Å². The van der Waals surface area contributed by atoms with Crippen LogP contribution in [-0.2, 0) is 11.3 Å². The Balaban J connectivity index is 1.22. The summed E-state index contributed by atoms with van der Waals surface area (Å²) in [4.78, 5) is 23.9. The fraction of sp³-hybridized carbons (Fsp3) is 0.545. The molecule has 6 nitrogen and oxygen atoms in total. The van der Waals surface area contributed by atoms with E-state index in [-0.39, 0.29) is 0 Å². The highest BCUT2D eigenvalue weighted by atomic mass is 16.2. The average molecular weight is 382 g/mol. The van der Waals surface area contributed by atoms with Gasteiger partial charge in [-0.15, -0.1) is 0 Å². The molecule has 2 saturated heterocycles. The predicted molar refractivity (Wildman–Crippen MR) is 111 cm³/mol. The van der Waals surface area contributed by atoms with E-state index in [2.05, 4.69) is 54.7 Å². The number of amides is 1. The van der Waals surface area contributed by atoms with Crippen LogP contribution in [0, 0.1) is 0 Å². The van der Waals surface area contributed by atoms with Crippen LogP contribution in [0.25, 0.3) is 11.4 Å². The van der Waals surface area contributed by atoms with Crippen LogP contribution in [0.2, 0.25) is 0 Å². The summed E-state index contributed by atoms with van der Waals surface area (Å²) >= 11 is 0. The second kappa shape index (κ2) is 9.34. The number of aromatic nitrogens is 2. The van der Waals surface area contributed by atoms with Crippen molar-refractivity contribution in [3.05, 3.63) is 42.7 Å². The Kier molecular flexibility index (Phi) is 6.39. The molecule has 28 heavy (non-hydrogen) atoms. The number of carbonyl (C=O) groups is 1. The Morgan fingerprint density at radius 1 is 0.857 bits per heavy atom. The number of imidazole rings is 1. The number of carbonyl (C=O) groups excluding carboxylic acids is 1. The highest BCUT2D eigenvalue weighted by molar-refractivity contribution is 5.78. The summed E-state index contributed by atoms with van der Waals surface area (Å²) in [5, 5.41) is 0. The van der Waals surface area contributed by atoms with Crippen LogP contribution in [0.5, 0.6) is 0 Å². The van der Waals surface area contributed by atoms with Gasteiger partial charge in [0.05, 0.1) is 6.54 Å². The number of hydrogen-bond donors (Lipinski definition) is 0. The van der Waals surface area contributed by atoms with Crippen molar-refractivity contribution in [3.8, 4) is 11.4 Å². The minimum absolute atomic E-state index is 0.319. The van der Waals surface area contributed by atoms with E-state index in [1.165, 1.54) is 19.3 Å². The molecule has 3 heterocycles. The molecular formula is C22H31N5O. The quantitative estimate of drug-likeness (QED) is 0.769. The zero-order valence-corrected chi connectivity index (χ0v) is 16.7. The molecule has 0 aliphatic carbocycles. The van der Waals surface area contributed by atoms with Gasteiger partial charge in [-0.3, -0.25) is 14.6 Å². The fourth-order valence-corrected chi connectivity index (χ4v) is 4.19. The predicted octanol–water partition coefficient (Wildman–Crippen LogP) is 2.18. The Labute approximate surface area is 167 Å². The summed E-state index contributed by atoms with van der Waals surface area (Å²) in [6.45, 7) is 8.48. The molecule has 0 bridgehead atoms. The first kappa shape index (κ1) is 19.2. The first-order valence-corrected chi connectivity index (χ1v) is 10.6. The lowest BCUT2D eigenvalue weighted by atomic mass is 10.1. The summed E-state index contributed by atoms with van der Waals surface area (Å²) < 4.78 is 2.24. The first-order valence-electron chi connectivity index (χ1n) is 10.6. The zero-order valence-electron chi connectivity index (χ0n) is 16.7. The number of piperazine rings is 1. The average Bonchev–Trinajstić information content (AvgIpc) is 3.23. The highest BCUT2D eigenvalue weighted by Crippen LogP contribution is 2.17. The van der Waals surface area contributed by atoms with Crippen molar-refractivity contribution in [2.45, 2.75) is 25.8 Å². The van der Waals surface area contributed by atoms with E-state index in [0.717, 1.165) is 63.7 Å². The molecule has 0 atom stereocenters. The second-order valence-electron chi connectivity index (χ2n) is 7.87. The molecule has 2 aromatic rings. The third-order valence-corrected chi connectivity index (χ3v) is 5.94. The molecule has 2 aliphatic rings. The molecule has 0 spiro atoms. The normalized spacial score (nSPS) is 19.1. The molecule has 1 aromatic carbocycles. The van der Waals surface area contributed by atoms with Gasteiger partial charge in [0, 0.05) is 70.3 Å². The number of likely N-dealkylation sites (tertiary alicyclic amines) is 1. The number of benzene rings is 1. The van der Waals surface area contributed by atoms with Crippen molar-refractivity contribution < 1.29 is 4.79 Å². The highest BCUT2D eigenvalue weighted by Gasteiger charge is 2.22. The summed E-state index contributed by atoms with van der Waals surface area (Å²) in [6, 6.07) is 10.4. The zero-order chi connectivity index (χ0) is 19.2. The smallest absolute Gasteiger partial charge is 0.236 e. The van der Waals surface area contributed by atoms with Gasteiger partial charge in [0.25, 0.3) is 0 Å². The molecule has 6 heteroatoms. The number of rotatable bonds is 6. The van der Waals surface area contributed by atoms with Crippen LogP contribution in [0.4, 0.5) is 0 Å². The number of piperidine rings is 1. The maximum Gasteiger partial charge on any atom is 0.236 e. The SMILES string of the molecule is O=C(CN1CCN(CCn2ccnc2-c2ccccc2)CC1)N1CCCCC1. The monoisotopic (exact) mass is 381 g/mol. The van der Waals surface area contributed by atoms with Gasteiger partial charge in [0.1, 0.15) is 5.82 Å². The van der Waals surface area contributed by atoms with Crippen molar-refractivity contribution in [2.24, 2.45) is 0 Å². The molecule has 1 amide bonds. The van der Waals surface area contributed by atoms with E-state index in [9.17, 15) is 4.79 Å². The lowest BCUT2D eigenvalue weighted by molar-refractivity contribution is -0.133. The van der Waals surface area contributed by atoms with Crippen LogP contribution in [0.1, 0.15) is 19.3 Å². The van der Waals surface area contributed by atoms with E-state index in [1.54, 1.807) is 0 Å². The molecule has 2 aliphatic heterocycles. The largest absolute Gasteiger partial charge is 0.342 e. The van der Waals surface area contributed by atoms with Crippen LogP contribution >= 0.6 is 0 Å². The van der Waals surface area contributed by atoms with E-state index in [0.29, 0.717) is 12.5 Å². The van der Waals surface area contributed by atoms with Gasteiger partial charge in [-0.05, 0) is 19.3 Å². The van der Waals surface area contributed by atoms with Crippen LogP contribution in [0.3, 0.4) is 0 Å². The van der Waals surface area contributed by atoms with Crippen molar-refractivity contribution >= 4 is 5.91 Å². The molecule has 4 rings (SSSR count). The van der Waals surface area contributed by atoms with Crippen LogP contribution < -0.4 is 0 Å². The molecule has 0 N–H and O–H groups in total. The topological polar surface area (TPSA) is 44.6 Å². The third-order valence-electron chi connectivity index (χ3n) is 5.94. The van der Waals surface area contributed by atoms with Crippen molar-refractivity contribution in [1.29, 1.82) is 0 Å². The third kappa shape index (κ3) is 4.80.